The van der Waals surface area contributed by atoms with Gasteiger partial charge in [0.15, 0.2) is 0 Å². The molecule has 1 aliphatic rings. The van der Waals surface area contributed by atoms with E-state index in [0.29, 0.717) is 28.3 Å². The van der Waals surface area contributed by atoms with Crippen LogP contribution in [-0.2, 0) is 9.59 Å². The summed E-state index contributed by atoms with van der Waals surface area (Å²) in [4.78, 5) is 27.8. The number of methoxy groups -OCH3 is 2. The number of aryl methyl sites for hydroxylation is 1. The van der Waals surface area contributed by atoms with Gasteiger partial charge in [0.05, 0.1) is 25.8 Å². The number of nitrogens with zero attached hydrogens (tertiary/aromatic N) is 1. The third-order valence-electron chi connectivity index (χ3n) is 5.54. The molecule has 1 fully saturated rings. The highest BCUT2D eigenvalue weighted by Crippen LogP contribution is 2.45. The molecule has 0 radical (unpaired) electrons. The summed E-state index contributed by atoms with van der Waals surface area (Å²) in [6.07, 6.45) is 0. The maximum Gasteiger partial charge on any atom is 0.300 e. The number of benzene rings is 3. The van der Waals surface area contributed by atoms with Crippen LogP contribution in [0.25, 0.3) is 5.76 Å². The molecule has 1 atom stereocenters. The van der Waals surface area contributed by atoms with Gasteiger partial charge in [-0.3, -0.25) is 14.5 Å². The van der Waals surface area contributed by atoms with Crippen molar-refractivity contribution in [2.24, 2.45) is 0 Å². The number of carbonyl (C=O) groups is 2. The normalized spacial score (nSPS) is 17.5. The highest BCUT2D eigenvalue weighted by atomic mass is 16.5. The molecule has 3 aromatic rings. The Balaban J connectivity index is 1.99. The number of amides is 1. The zero-order valence-corrected chi connectivity index (χ0v) is 18.0. The molecule has 1 amide bonds. The number of hydrogen-bond acceptors (Lipinski definition) is 5. The fourth-order valence-corrected chi connectivity index (χ4v) is 3.89. The quantitative estimate of drug-likeness (QED) is 0.363. The average Bonchev–Trinajstić information content (AvgIpc) is 3.09. The molecule has 0 aliphatic carbocycles. The zero-order valence-electron chi connectivity index (χ0n) is 18.0. The van der Waals surface area contributed by atoms with Gasteiger partial charge in [0.1, 0.15) is 17.3 Å². The zero-order chi connectivity index (χ0) is 22.8. The summed E-state index contributed by atoms with van der Waals surface area (Å²) >= 11 is 0. The monoisotopic (exact) mass is 429 g/mol. The van der Waals surface area contributed by atoms with Crippen molar-refractivity contribution in [3.05, 3.63) is 95.1 Å². The predicted molar refractivity (Wildman–Crippen MR) is 122 cm³/mol. The molecule has 3 aromatic carbocycles. The molecule has 32 heavy (non-hydrogen) atoms. The van der Waals surface area contributed by atoms with E-state index in [1.807, 2.05) is 25.1 Å². The molecule has 0 bridgehead atoms. The standard InChI is InChI=1S/C26H23NO5/c1-16-9-11-18(12-10-16)27-23(20-14-13-19(31-2)15-21(20)32-3)22(25(29)26(27)30)24(28)17-7-5-4-6-8-17/h4-15,23,28H,1-3H3. The van der Waals surface area contributed by atoms with Crippen molar-refractivity contribution in [1.29, 1.82) is 0 Å². The van der Waals surface area contributed by atoms with Crippen LogP contribution in [0.15, 0.2) is 78.4 Å². The summed E-state index contributed by atoms with van der Waals surface area (Å²) in [6.45, 7) is 1.94. The summed E-state index contributed by atoms with van der Waals surface area (Å²) in [5.74, 6) is -0.696. The molecule has 1 unspecified atom stereocenters. The lowest BCUT2D eigenvalue weighted by Crippen LogP contribution is -2.29. The topological polar surface area (TPSA) is 76.1 Å². The minimum atomic E-state index is -0.876. The van der Waals surface area contributed by atoms with E-state index >= 15 is 0 Å². The highest BCUT2D eigenvalue weighted by molar-refractivity contribution is 6.51. The summed E-state index contributed by atoms with van der Waals surface area (Å²) in [5, 5.41) is 11.1. The number of ketones is 1. The van der Waals surface area contributed by atoms with E-state index in [9.17, 15) is 14.7 Å². The number of anilines is 1. The highest BCUT2D eigenvalue weighted by Gasteiger charge is 2.48. The first-order valence-electron chi connectivity index (χ1n) is 10.1. The van der Waals surface area contributed by atoms with Crippen molar-refractivity contribution in [3.8, 4) is 11.5 Å². The van der Waals surface area contributed by atoms with Crippen LogP contribution >= 0.6 is 0 Å². The van der Waals surface area contributed by atoms with Gasteiger partial charge in [0.25, 0.3) is 11.7 Å². The minimum Gasteiger partial charge on any atom is -0.507 e. The Morgan fingerprint density at radius 1 is 0.906 bits per heavy atom. The molecule has 1 saturated heterocycles. The lowest BCUT2D eigenvalue weighted by molar-refractivity contribution is -0.132. The molecule has 0 saturated carbocycles. The first-order chi connectivity index (χ1) is 15.5. The molecule has 6 heteroatoms. The number of rotatable bonds is 5. The number of aliphatic hydroxyl groups excluding tert-OH is 1. The molecular weight excluding hydrogens is 406 g/mol. The van der Waals surface area contributed by atoms with Crippen molar-refractivity contribution in [2.45, 2.75) is 13.0 Å². The van der Waals surface area contributed by atoms with Gasteiger partial charge in [-0.2, -0.15) is 0 Å². The van der Waals surface area contributed by atoms with Crippen LogP contribution in [0, 0.1) is 6.92 Å². The third kappa shape index (κ3) is 3.60. The first-order valence-corrected chi connectivity index (χ1v) is 10.1. The third-order valence-corrected chi connectivity index (χ3v) is 5.54. The molecule has 6 nitrogen and oxygen atoms in total. The van der Waals surface area contributed by atoms with E-state index in [4.69, 9.17) is 9.47 Å². The smallest absolute Gasteiger partial charge is 0.300 e. The predicted octanol–water partition coefficient (Wildman–Crippen LogP) is 4.64. The van der Waals surface area contributed by atoms with E-state index < -0.39 is 17.7 Å². The maximum atomic E-state index is 13.2. The fourth-order valence-electron chi connectivity index (χ4n) is 3.89. The van der Waals surface area contributed by atoms with Crippen LogP contribution < -0.4 is 14.4 Å². The minimum absolute atomic E-state index is 0.00485. The van der Waals surface area contributed by atoms with Crippen LogP contribution in [0.5, 0.6) is 11.5 Å². The van der Waals surface area contributed by atoms with Crippen molar-refractivity contribution in [2.75, 3.05) is 19.1 Å². The van der Waals surface area contributed by atoms with E-state index in [1.54, 1.807) is 61.7 Å². The van der Waals surface area contributed by atoms with Crippen LogP contribution in [0.2, 0.25) is 0 Å². The number of hydrogen-bond donors (Lipinski definition) is 1. The van der Waals surface area contributed by atoms with Crippen molar-refractivity contribution >= 4 is 23.1 Å². The second kappa shape index (κ2) is 8.59. The lowest BCUT2D eigenvalue weighted by Gasteiger charge is -2.27. The van der Waals surface area contributed by atoms with Gasteiger partial charge in [-0.25, -0.2) is 0 Å². The van der Waals surface area contributed by atoms with E-state index in [2.05, 4.69) is 0 Å². The van der Waals surface area contributed by atoms with Gasteiger partial charge >= 0.3 is 0 Å². The summed E-state index contributed by atoms with van der Waals surface area (Å²) < 4.78 is 10.9. The Bertz CT molecular complexity index is 1200. The number of carbonyl (C=O) groups excluding carboxylic acids is 2. The Morgan fingerprint density at radius 3 is 2.22 bits per heavy atom. The molecular formula is C26H23NO5. The van der Waals surface area contributed by atoms with Gasteiger partial charge in [-0.05, 0) is 31.2 Å². The van der Waals surface area contributed by atoms with Crippen LogP contribution in [0.3, 0.4) is 0 Å². The summed E-state index contributed by atoms with van der Waals surface area (Å²) in [7, 11) is 3.05. The molecule has 162 valence electrons. The first kappa shape index (κ1) is 21.2. The largest absolute Gasteiger partial charge is 0.507 e. The Hall–Kier alpha value is -4.06. The van der Waals surface area contributed by atoms with E-state index in [0.717, 1.165) is 5.56 Å². The lowest BCUT2D eigenvalue weighted by atomic mass is 9.94. The fraction of sp³-hybridized carbons (Fsp3) is 0.154. The van der Waals surface area contributed by atoms with Gasteiger partial charge in [0, 0.05) is 22.9 Å². The molecule has 4 rings (SSSR count). The summed E-state index contributed by atoms with van der Waals surface area (Å²) in [6, 6.07) is 20.3. The Labute approximate surface area is 186 Å². The van der Waals surface area contributed by atoms with Gasteiger partial charge in [0.2, 0.25) is 0 Å². The SMILES string of the molecule is COc1ccc(C2C(=C(O)c3ccccc3)C(=O)C(=O)N2c2ccc(C)cc2)c(OC)c1. The van der Waals surface area contributed by atoms with Crippen molar-refractivity contribution in [1.82, 2.24) is 0 Å². The molecule has 1 heterocycles. The second-order valence-electron chi connectivity index (χ2n) is 7.48. The van der Waals surface area contributed by atoms with Gasteiger partial charge in [-0.15, -0.1) is 0 Å². The summed E-state index contributed by atoms with van der Waals surface area (Å²) in [5.41, 5.74) is 2.59. The Kier molecular flexibility index (Phi) is 5.69. The van der Waals surface area contributed by atoms with E-state index in [-0.39, 0.29) is 11.3 Å². The average molecular weight is 429 g/mol. The van der Waals surface area contributed by atoms with E-state index in [1.165, 1.54) is 12.0 Å². The second-order valence-corrected chi connectivity index (χ2v) is 7.48. The van der Waals surface area contributed by atoms with Crippen LogP contribution in [0.1, 0.15) is 22.7 Å². The Morgan fingerprint density at radius 2 is 1.59 bits per heavy atom. The van der Waals surface area contributed by atoms with Gasteiger partial charge < -0.3 is 14.6 Å². The number of Topliss-reactive ketones (excluding diaryl/α,β-unsaturated/α-hetero) is 1. The number of ether oxygens (including phenoxy) is 2. The molecule has 1 N–H and O–H groups in total. The van der Waals surface area contributed by atoms with Crippen LogP contribution in [-0.4, -0.2) is 31.0 Å². The van der Waals surface area contributed by atoms with Gasteiger partial charge in [-0.1, -0.05) is 48.0 Å². The molecule has 0 aromatic heterocycles. The number of aliphatic hydroxyl groups is 1. The van der Waals surface area contributed by atoms with Crippen molar-refractivity contribution < 1.29 is 24.2 Å². The van der Waals surface area contributed by atoms with Crippen molar-refractivity contribution in [3.63, 3.8) is 0 Å². The van der Waals surface area contributed by atoms with Crippen LogP contribution in [0.4, 0.5) is 5.69 Å². The molecule has 0 spiro atoms. The molecule has 1 aliphatic heterocycles. The maximum absolute atomic E-state index is 13.2.